The van der Waals surface area contributed by atoms with Gasteiger partial charge < -0.3 is 27.3 Å². The highest BCUT2D eigenvalue weighted by molar-refractivity contribution is 5.91. The number of hydrogen-bond acceptors (Lipinski definition) is 9. The van der Waals surface area contributed by atoms with Gasteiger partial charge >= 0.3 is 5.97 Å². The van der Waals surface area contributed by atoms with Gasteiger partial charge in [-0.25, -0.2) is 9.78 Å². The molecule has 1 aromatic heterocycles. The molecule has 2 aromatic rings. The number of ether oxygens (including phenoxy) is 1. The Hall–Kier alpha value is -3.37. The van der Waals surface area contributed by atoms with E-state index in [0.29, 0.717) is 5.69 Å². The van der Waals surface area contributed by atoms with Gasteiger partial charge in [0.15, 0.2) is 11.6 Å². The Kier molecular flexibility index (Phi) is 7.13. The normalized spacial score (nSPS) is 12.2. The number of esters is 1. The maximum atomic E-state index is 12.1. The molecule has 0 spiro atoms. The van der Waals surface area contributed by atoms with Crippen molar-refractivity contribution in [2.45, 2.75) is 19.9 Å². The molecule has 0 bridgehead atoms. The van der Waals surface area contributed by atoms with Crippen molar-refractivity contribution in [3.63, 3.8) is 0 Å². The monoisotopic (exact) mass is 385 g/mol. The summed E-state index contributed by atoms with van der Waals surface area (Å²) >= 11 is 0. The van der Waals surface area contributed by atoms with E-state index in [1.807, 2.05) is 13.8 Å². The number of nitrogens with zero attached hydrogens (tertiary/aromatic N) is 3. The highest BCUT2D eigenvalue weighted by atomic mass is 16.5. The van der Waals surface area contributed by atoms with Crippen molar-refractivity contribution in [3.8, 4) is 5.75 Å². The fraction of sp³-hybridized carbons (Fsp3) is 0.278. The Morgan fingerprint density at radius 3 is 2.46 bits per heavy atom. The van der Waals surface area contributed by atoms with E-state index in [2.05, 4.69) is 20.5 Å². The number of hydrogen-bond donors (Lipinski definition) is 4. The van der Waals surface area contributed by atoms with Gasteiger partial charge in [-0.2, -0.15) is 0 Å². The Morgan fingerprint density at radius 1 is 1.14 bits per heavy atom. The van der Waals surface area contributed by atoms with E-state index in [9.17, 15) is 9.59 Å². The van der Waals surface area contributed by atoms with Gasteiger partial charge in [0.05, 0.1) is 6.54 Å². The number of amides is 1. The molecule has 0 fully saturated rings. The quantitative estimate of drug-likeness (QED) is 0.320. The third-order valence-corrected chi connectivity index (χ3v) is 3.69. The van der Waals surface area contributed by atoms with E-state index in [1.54, 1.807) is 30.3 Å². The molecule has 148 valence electrons. The summed E-state index contributed by atoms with van der Waals surface area (Å²) in [5, 5.41) is 10.6. The van der Waals surface area contributed by atoms with Gasteiger partial charge in [0.1, 0.15) is 23.2 Å². The number of nitrogens with two attached hydrogens (primary N) is 3. The van der Waals surface area contributed by atoms with Crippen molar-refractivity contribution in [1.82, 2.24) is 4.98 Å². The molecule has 28 heavy (non-hydrogen) atoms. The minimum Gasteiger partial charge on any atom is -0.423 e. The number of carbonyl (C=O) groups excluding carboxylic acids is 2. The molecule has 0 aliphatic heterocycles. The lowest BCUT2D eigenvalue weighted by atomic mass is 10.1. The number of pyridine rings is 1. The summed E-state index contributed by atoms with van der Waals surface area (Å²) in [5.41, 5.74) is 17.5. The number of anilines is 2. The standard InChI is InChI=1S/C18H23N7O3/c1-10(2)16(20)18(27)28-13-6-4-3-5-11(13)24-25-12-7-8-14(23-17(12)21)22-15(26)9-19/h3-8,10,16H,9,19-20H2,1-2H3,(H3,21,22,23,26). The lowest BCUT2D eigenvalue weighted by Gasteiger charge is -2.14. The van der Waals surface area contributed by atoms with Gasteiger partial charge in [-0.3, -0.25) is 4.79 Å². The topological polar surface area (TPSA) is 171 Å². The average molecular weight is 385 g/mol. The lowest BCUT2D eigenvalue weighted by molar-refractivity contribution is -0.136. The zero-order chi connectivity index (χ0) is 20.7. The van der Waals surface area contributed by atoms with E-state index in [0.717, 1.165) is 0 Å². The first-order valence-corrected chi connectivity index (χ1v) is 8.56. The second-order valence-electron chi connectivity index (χ2n) is 6.21. The van der Waals surface area contributed by atoms with Crippen molar-refractivity contribution in [2.24, 2.45) is 27.6 Å². The molecular formula is C18H23N7O3. The van der Waals surface area contributed by atoms with Gasteiger partial charge in [-0.15, -0.1) is 10.2 Å². The summed E-state index contributed by atoms with van der Waals surface area (Å²) in [7, 11) is 0. The van der Waals surface area contributed by atoms with Gasteiger partial charge in [-0.1, -0.05) is 26.0 Å². The molecule has 1 amide bonds. The number of para-hydroxylation sites is 1. The summed E-state index contributed by atoms with van der Waals surface area (Å²) < 4.78 is 5.34. The molecule has 7 N–H and O–H groups in total. The first-order chi connectivity index (χ1) is 13.3. The van der Waals surface area contributed by atoms with Crippen LogP contribution in [0.5, 0.6) is 5.75 Å². The third kappa shape index (κ3) is 5.56. The van der Waals surface area contributed by atoms with Gasteiger partial charge in [0, 0.05) is 0 Å². The Balaban J connectivity index is 2.18. The predicted octanol–water partition coefficient (Wildman–Crippen LogP) is 1.87. The van der Waals surface area contributed by atoms with Crippen LogP contribution in [0.15, 0.2) is 46.6 Å². The second-order valence-corrected chi connectivity index (χ2v) is 6.21. The molecule has 1 aromatic carbocycles. The second kappa shape index (κ2) is 9.53. The van der Waals surface area contributed by atoms with E-state index >= 15 is 0 Å². The van der Waals surface area contributed by atoms with Crippen molar-refractivity contribution < 1.29 is 14.3 Å². The molecular weight excluding hydrogens is 362 g/mol. The largest absolute Gasteiger partial charge is 0.423 e. The maximum absolute atomic E-state index is 12.1. The zero-order valence-corrected chi connectivity index (χ0v) is 15.6. The first-order valence-electron chi connectivity index (χ1n) is 8.56. The number of aromatic nitrogens is 1. The van der Waals surface area contributed by atoms with E-state index in [1.165, 1.54) is 6.07 Å². The molecule has 10 heteroatoms. The van der Waals surface area contributed by atoms with Crippen LogP contribution in [0.2, 0.25) is 0 Å². The van der Waals surface area contributed by atoms with Crippen LogP contribution in [-0.2, 0) is 9.59 Å². The molecule has 2 rings (SSSR count). The van der Waals surface area contributed by atoms with Crippen LogP contribution in [0.3, 0.4) is 0 Å². The number of carbonyl (C=O) groups is 2. The van der Waals surface area contributed by atoms with Crippen molar-refractivity contribution >= 4 is 34.9 Å². The average Bonchev–Trinajstić information content (AvgIpc) is 2.67. The summed E-state index contributed by atoms with van der Waals surface area (Å²) in [6, 6.07) is 8.96. The first kappa shape index (κ1) is 20.9. The fourth-order valence-corrected chi connectivity index (χ4v) is 2.00. The lowest BCUT2D eigenvalue weighted by Crippen LogP contribution is -2.38. The molecule has 0 saturated heterocycles. The van der Waals surface area contributed by atoms with Crippen LogP contribution in [-0.4, -0.2) is 29.4 Å². The van der Waals surface area contributed by atoms with E-state index < -0.39 is 17.9 Å². The summed E-state index contributed by atoms with van der Waals surface area (Å²) in [6.07, 6.45) is 0. The number of nitrogen functional groups attached to an aromatic ring is 1. The number of rotatable bonds is 7. The number of nitrogens with one attached hydrogen (secondary N) is 1. The Labute approximate surface area is 162 Å². The van der Waals surface area contributed by atoms with Crippen LogP contribution in [0.25, 0.3) is 0 Å². The van der Waals surface area contributed by atoms with Crippen LogP contribution in [0, 0.1) is 5.92 Å². The molecule has 0 aliphatic carbocycles. The van der Waals surface area contributed by atoms with E-state index in [-0.39, 0.29) is 35.5 Å². The molecule has 1 heterocycles. The van der Waals surface area contributed by atoms with Crippen molar-refractivity contribution in [3.05, 3.63) is 36.4 Å². The summed E-state index contributed by atoms with van der Waals surface area (Å²) in [5.74, 6) is -0.467. The Morgan fingerprint density at radius 2 is 1.82 bits per heavy atom. The molecule has 10 nitrogen and oxygen atoms in total. The minimum absolute atomic E-state index is 0.0644. The zero-order valence-electron chi connectivity index (χ0n) is 15.6. The van der Waals surface area contributed by atoms with Crippen LogP contribution in [0.1, 0.15) is 13.8 Å². The highest BCUT2D eigenvalue weighted by Gasteiger charge is 2.20. The number of azo groups is 1. The summed E-state index contributed by atoms with van der Waals surface area (Å²) in [4.78, 5) is 27.4. The van der Waals surface area contributed by atoms with Crippen LogP contribution in [0.4, 0.5) is 23.0 Å². The van der Waals surface area contributed by atoms with Crippen molar-refractivity contribution in [1.29, 1.82) is 0 Å². The molecule has 0 aliphatic rings. The fourth-order valence-electron chi connectivity index (χ4n) is 2.00. The van der Waals surface area contributed by atoms with Gasteiger partial charge in [0.25, 0.3) is 0 Å². The predicted molar refractivity (Wildman–Crippen MR) is 105 cm³/mol. The van der Waals surface area contributed by atoms with Crippen LogP contribution >= 0.6 is 0 Å². The van der Waals surface area contributed by atoms with Gasteiger partial charge in [-0.05, 0) is 30.2 Å². The Bertz CT molecular complexity index is 883. The third-order valence-electron chi connectivity index (χ3n) is 3.69. The van der Waals surface area contributed by atoms with Crippen molar-refractivity contribution in [2.75, 3.05) is 17.6 Å². The molecule has 1 atom stereocenters. The van der Waals surface area contributed by atoms with E-state index in [4.69, 9.17) is 21.9 Å². The minimum atomic E-state index is -0.749. The van der Waals surface area contributed by atoms with Crippen LogP contribution < -0.4 is 27.3 Å². The number of benzene rings is 1. The molecule has 0 radical (unpaired) electrons. The summed E-state index contributed by atoms with van der Waals surface area (Å²) in [6.45, 7) is 3.49. The highest BCUT2D eigenvalue weighted by Crippen LogP contribution is 2.30. The smallest absolute Gasteiger partial charge is 0.328 e. The SMILES string of the molecule is CC(C)C(N)C(=O)Oc1ccccc1N=Nc1ccc(NC(=O)CN)nc1N. The molecule has 1 unspecified atom stereocenters. The van der Waals surface area contributed by atoms with Gasteiger partial charge in [0.2, 0.25) is 5.91 Å². The molecule has 0 saturated carbocycles. The maximum Gasteiger partial charge on any atom is 0.328 e.